The smallest absolute Gasteiger partial charge is 0.350 e. The molecule has 0 spiro atoms. The van der Waals surface area contributed by atoms with Crippen molar-refractivity contribution in [1.29, 1.82) is 0 Å². The van der Waals surface area contributed by atoms with Gasteiger partial charge < -0.3 is 14.4 Å². The van der Waals surface area contributed by atoms with Gasteiger partial charge in [0, 0.05) is 23.7 Å². The second kappa shape index (κ2) is 8.16. The largest absolute Gasteiger partial charge is 0.451 e. The minimum absolute atomic E-state index is 0.00704. The van der Waals surface area contributed by atoms with Crippen LogP contribution < -0.4 is 0 Å². The van der Waals surface area contributed by atoms with E-state index < -0.39 is 5.97 Å². The number of hydrogen-bond donors (Lipinski definition) is 0. The van der Waals surface area contributed by atoms with E-state index in [9.17, 15) is 9.59 Å². The summed E-state index contributed by atoms with van der Waals surface area (Å²) in [5, 5.41) is 1.29. The van der Waals surface area contributed by atoms with E-state index in [2.05, 4.69) is 4.98 Å². The number of ether oxygens (including phenoxy) is 2. The third kappa shape index (κ3) is 4.41. The minimum atomic E-state index is -0.539. The quantitative estimate of drug-likeness (QED) is 0.745. The van der Waals surface area contributed by atoms with E-state index >= 15 is 0 Å². The number of halogens is 1. The van der Waals surface area contributed by atoms with Crippen LogP contribution in [0.25, 0.3) is 10.6 Å². The number of amides is 1. The van der Waals surface area contributed by atoms with Gasteiger partial charge in [-0.1, -0.05) is 23.7 Å². The summed E-state index contributed by atoms with van der Waals surface area (Å²) in [5.74, 6) is -0.756. The number of hydrogen-bond acceptors (Lipinski definition) is 6. The lowest BCUT2D eigenvalue weighted by molar-refractivity contribution is -0.141. The molecule has 1 amide bonds. The molecule has 6 nitrogen and oxygen atoms in total. The second-order valence-corrected chi connectivity index (χ2v) is 7.48. The van der Waals surface area contributed by atoms with Gasteiger partial charge in [-0.25, -0.2) is 9.78 Å². The van der Waals surface area contributed by atoms with E-state index in [0.717, 1.165) is 5.56 Å². The van der Waals surface area contributed by atoms with Crippen LogP contribution in [0, 0.1) is 6.92 Å². The van der Waals surface area contributed by atoms with Crippen molar-refractivity contribution in [1.82, 2.24) is 9.88 Å². The molecule has 0 bridgehead atoms. The third-order valence-electron chi connectivity index (χ3n) is 3.97. The Hall–Kier alpha value is -1.96. The van der Waals surface area contributed by atoms with E-state index in [1.807, 2.05) is 19.1 Å². The molecule has 1 fully saturated rings. The van der Waals surface area contributed by atoms with Crippen LogP contribution in [0.3, 0.4) is 0 Å². The number of benzene rings is 1. The van der Waals surface area contributed by atoms with Crippen molar-refractivity contribution >= 4 is 34.8 Å². The van der Waals surface area contributed by atoms with Gasteiger partial charge in [0.25, 0.3) is 5.91 Å². The van der Waals surface area contributed by atoms with Gasteiger partial charge in [0.05, 0.1) is 18.4 Å². The first-order valence-electron chi connectivity index (χ1n) is 8.24. The molecule has 26 heavy (non-hydrogen) atoms. The number of carbonyl (C=O) groups is 2. The molecule has 2 aromatic rings. The fourth-order valence-electron chi connectivity index (χ4n) is 2.66. The number of nitrogens with zero attached hydrogens (tertiary/aromatic N) is 2. The summed E-state index contributed by atoms with van der Waals surface area (Å²) < 4.78 is 10.6. The van der Waals surface area contributed by atoms with Crippen LogP contribution >= 0.6 is 22.9 Å². The van der Waals surface area contributed by atoms with E-state index in [0.29, 0.717) is 40.3 Å². The van der Waals surface area contributed by atoms with Crippen LogP contribution in [0.15, 0.2) is 24.3 Å². The summed E-state index contributed by atoms with van der Waals surface area (Å²) in [5.41, 5.74) is 1.41. The lowest BCUT2D eigenvalue weighted by atomic mass is 10.2. The molecule has 0 N–H and O–H groups in total. The van der Waals surface area contributed by atoms with Gasteiger partial charge >= 0.3 is 5.97 Å². The summed E-state index contributed by atoms with van der Waals surface area (Å²) >= 11 is 7.23. The fourth-order valence-corrected chi connectivity index (χ4v) is 3.81. The van der Waals surface area contributed by atoms with Crippen LogP contribution in [0.5, 0.6) is 0 Å². The van der Waals surface area contributed by atoms with Gasteiger partial charge in [-0.2, -0.15) is 0 Å². The van der Waals surface area contributed by atoms with Crippen LogP contribution in [-0.2, 0) is 14.3 Å². The number of morpholine rings is 1. The second-order valence-electron chi connectivity index (χ2n) is 6.04. The van der Waals surface area contributed by atoms with E-state index in [1.54, 1.807) is 24.0 Å². The van der Waals surface area contributed by atoms with Crippen molar-refractivity contribution in [2.45, 2.75) is 20.0 Å². The Morgan fingerprint density at radius 1 is 1.46 bits per heavy atom. The lowest BCUT2D eigenvalue weighted by Crippen LogP contribution is -2.46. The highest BCUT2D eigenvalue weighted by Crippen LogP contribution is 2.29. The fraction of sp³-hybridized carbons (Fsp3) is 0.389. The third-order valence-corrected chi connectivity index (χ3v) is 5.40. The van der Waals surface area contributed by atoms with Crippen LogP contribution in [0.1, 0.15) is 22.3 Å². The maximum atomic E-state index is 12.4. The Labute approximate surface area is 160 Å². The van der Waals surface area contributed by atoms with Crippen LogP contribution in [0.2, 0.25) is 5.02 Å². The van der Waals surface area contributed by atoms with Gasteiger partial charge in [0.15, 0.2) is 6.61 Å². The van der Waals surface area contributed by atoms with Gasteiger partial charge in [0.1, 0.15) is 9.88 Å². The average molecular weight is 395 g/mol. The molecule has 1 saturated heterocycles. The first-order valence-corrected chi connectivity index (χ1v) is 9.43. The lowest BCUT2D eigenvalue weighted by Gasteiger charge is -2.30. The molecular formula is C18H19ClN2O4S. The number of thiazole rings is 1. The zero-order valence-electron chi connectivity index (χ0n) is 14.5. The standard InChI is InChI=1S/C18H19ClN2O4S/c1-11-9-21(6-7-24-11)15(22)10-25-18(23)16-12(2)20-17(26-16)13-4-3-5-14(19)8-13/h3-5,8,11H,6-7,9-10H2,1-2H3. The number of rotatable bonds is 4. The molecule has 0 saturated carbocycles. The molecule has 8 heteroatoms. The molecule has 1 unspecified atom stereocenters. The van der Waals surface area contributed by atoms with E-state index in [-0.39, 0.29) is 18.6 Å². The summed E-state index contributed by atoms with van der Waals surface area (Å²) in [6.45, 7) is 4.89. The molecule has 3 rings (SSSR count). The average Bonchev–Trinajstić information content (AvgIpc) is 3.01. The van der Waals surface area contributed by atoms with Crippen molar-refractivity contribution in [2.24, 2.45) is 0 Å². The predicted octanol–water partition coefficient (Wildman–Crippen LogP) is 3.18. The van der Waals surface area contributed by atoms with Gasteiger partial charge in [0.2, 0.25) is 0 Å². The Bertz CT molecular complexity index is 823. The molecular weight excluding hydrogens is 376 g/mol. The summed E-state index contributed by atoms with van der Waals surface area (Å²) in [6.07, 6.45) is -0.00704. The first-order chi connectivity index (χ1) is 12.4. The number of esters is 1. The zero-order valence-corrected chi connectivity index (χ0v) is 16.1. The Balaban J connectivity index is 1.64. The molecule has 0 radical (unpaired) electrons. The molecule has 2 heterocycles. The monoisotopic (exact) mass is 394 g/mol. The molecule has 1 aromatic heterocycles. The number of aromatic nitrogens is 1. The molecule has 1 aliphatic rings. The maximum Gasteiger partial charge on any atom is 0.350 e. The highest BCUT2D eigenvalue weighted by atomic mass is 35.5. The Morgan fingerprint density at radius 3 is 3.00 bits per heavy atom. The first kappa shape index (κ1) is 18.8. The Morgan fingerprint density at radius 2 is 2.27 bits per heavy atom. The van der Waals surface area contributed by atoms with Crippen molar-refractivity contribution in [2.75, 3.05) is 26.3 Å². The number of aryl methyl sites for hydroxylation is 1. The van der Waals surface area contributed by atoms with Crippen molar-refractivity contribution < 1.29 is 19.1 Å². The highest BCUT2D eigenvalue weighted by Gasteiger charge is 2.24. The van der Waals surface area contributed by atoms with Gasteiger partial charge in [-0.15, -0.1) is 11.3 Å². The van der Waals surface area contributed by atoms with Crippen molar-refractivity contribution in [3.63, 3.8) is 0 Å². The zero-order chi connectivity index (χ0) is 18.7. The summed E-state index contributed by atoms with van der Waals surface area (Å²) in [4.78, 5) is 31.0. The van der Waals surface area contributed by atoms with E-state index in [4.69, 9.17) is 21.1 Å². The predicted molar refractivity (Wildman–Crippen MR) is 99.6 cm³/mol. The number of carbonyl (C=O) groups excluding carboxylic acids is 2. The minimum Gasteiger partial charge on any atom is -0.451 e. The molecule has 1 aliphatic heterocycles. The van der Waals surface area contributed by atoms with Gasteiger partial charge in [-0.05, 0) is 26.0 Å². The topological polar surface area (TPSA) is 68.7 Å². The molecule has 138 valence electrons. The summed E-state index contributed by atoms with van der Waals surface area (Å²) in [6, 6.07) is 7.27. The van der Waals surface area contributed by atoms with Gasteiger partial charge in [-0.3, -0.25) is 4.79 Å². The molecule has 0 aliphatic carbocycles. The normalized spacial score (nSPS) is 17.2. The Kier molecular flexibility index (Phi) is 5.90. The molecule has 1 aromatic carbocycles. The summed E-state index contributed by atoms with van der Waals surface area (Å²) in [7, 11) is 0. The van der Waals surface area contributed by atoms with Crippen molar-refractivity contribution in [3.8, 4) is 10.6 Å². The van der Waals surface area contributed by atoms with Crippen LogP contribution in [0.4, 0.5) is 0 Å². The van der Waals surface area contributed by atoms with E-state index in [1.165, 1.54) is 11.3 Å². The molecule has 1 atom stereocenters. The maximum absolute atomic E-state index is 12.4. The highest BCUT2D eigenvalue weighted by molar-refractivity contribution is 7.17. The van der Waals surface area contributed by atoms with Crippen LogP contribution in [-0.4, -0.2) is 54.2 Å². The van der Waals surface area contributed by atoms with Crippen molar-refractivity contribution in [3.05, 3.63) is 39.9 Å². The SMILES string of the molecule is Cc1nc(-c2cccc(Cl)c2)sc1C(=O)OCC(=O)N1CCOC(C)C1.